The molecule has 0 aromatic carbocycles. The monoisotopic (exact) mass is 229 g/mol. The van der Waals surface area contributed by atoms with Gasteiger partial charge in [-0.25, -0.2) is 4.79 Å². The molecule has 0 heterocycles. The van der Waals surface area contributed by atoms with E-state index in [1.807, 2.05) is 5.32 Å². The lowest BCUT2D eigenvalue weighted by atomic mass is 10.0. The van der Waals surface area contributed by atoms with Gasteiger partial charge in [0, 0.05) is 6.54 Å². The maximum atomic E-state index is 11.2. The second-order valence-electron chi connectivity index (χ2n) is 4.52. The number of nitrogens with one attached hydrogen (secondary N) is 1. The van der Waals surface area contributed by atoms with Gasteiger partial charge in [-0.2, -0.15) is 0 Å². The summed E-state index contributed by atoms with van der Waals surface area (Å²) in [7, 11) is 1.73. The van der Waals surface area contributed by atoms with Crippen LogP contribution in [-0.2, 0) is 4.79 Å². The predicted molar refractivity (Wildman–Crippen MR) is 58.6 cm³/mol. The fourth-order valence-electron chi connectivity index (χ4n) is 2.17. The molecule has 6 heteroatoms. The zero-order valence-electron chi connectivity index (χ0n) is 9.53. The van der Waals surface area contributed by atoms with E-state index < -0.39 is 17.5 Å². The summed E-state index contributed by atoms with van der Waals surface area (Å²) in [6, 6.07) is -0.849. The van der Waals surface area contributed by atoms with Gasteiger partial charge < -0.3 is 10.8 Å². The number of nitrogens with zero attached hydrogens (tertiary/aromatic N) is 1. The van der Waals surface area contributed by atoms with Gasteiger partial charge in [-0.05, 0) is 19.9 Å². The van der Waals surface area contributed by atoms with Crippen molar-refractivity contribution in [2.75, 3.05) is 20.1 Å². The molecule has 0 bridgehead atoms. The zero-order chi connectivity index (χ0) is 12.2. The first-order valence-corrected chi connectivity index (χ1v) is 5.41. The van der Waals surface area contributed by atoms with Crippen molar-refractivity contribution in [3.63, 3.8) is 0 Å². The molecule has 92 valence electrons. The van der Waals surface area contributed by atoms with Crippen molar-refractivity contribution >= 4 is 11.9 Å². The first kappa shape index (κ1) is 12.9. The van der Waals surface area contributed by atoms with Crippen LogP contribution in [0.25, 0.3) is 0 Å². The number of hydrogen-bond donors (Lipinski definition) is 3. The summed E-state index contributed by atoms with van der Waals surface area (Å²) in [5, 5.41) is 12.1. The fraction of sp³-hybridized carbons (Fsp3) is 0.800. The van der Waals surface area contributed by atoms with E-state index in [0.717, 1.165) is 25.7 Å². The van der Waals surface area contributed by atoms with Crippen LogP contribution < -0.4 is 11.1 Å². The van der Waals surface area contributed by atoms with Crippen LogP contribution >= 0.6 is 0 Å². The van der Waals surface area contributed by atoms with Crippen molar-refractivity contribution < 1.29 is 14.7 Å². The minimum atomic E-state index is -0.849. The summed E-state index contributed by atoms with van der Waals surface area (Å²) in [5.74, 6) is -0.448. The molecule has 0 unspecified atom stereocenters. The van der Waals surface area contributed by atoms with Crippen LogP contribution in [0, 0.1) is 0 Å². The number of rotatable bonds is 4. The Hall–Kier alpha value is -1.14. The highest BCUT2D eigenvalue weighted by Crippen LogP contribution is 2.29. The highest BCUT2D eigenvalue weighted by atomic mass is 16.3. The maximum absolute atomic E-state index is 11.2. The Balaban J connectivity index is 2.32. The van der Waals surface area contributed by atoms with Gasteiger partial charge >= 0.3 is 6.03 Å². The molecule has 6 nitrogen and oxygen atoms in total. The minimum Gasteiger partial charge on any atom is -0.389 e. The van der Waals surface area contributed by atoms with Crippen molar-refractivity contribution in [1.82, 2.24) is 10.2 Å². The first-order chi connectivity index (χ1) is 7.41. The van der Waals surface area contributed by atoms with Crippen molar-refractivity contribution in [3.8, 4) is 0 Å². The summed E-state index contributed by atoms with van der Waals surface area (Å²) in [6.45, 7) is 0.504. The normalized spacial score (nSPS) is 18.7. The van der Waals surface area contributed by atoms with Gasteiger partial charge in [0.15, 0.2) is 0 Å². The summed E-state index contributed by atoms with van der Waals surface area (Å²) in [4.78, 5) is 23.3. The topological polar surface area (TPSA) is 95.7 Å². The standard InChI is InChI=1S/C10H19N3O3/c1-13(6-8(14)12-9(11)15)7-10(16)4-2-3-5-10/h16H,2-7H2,1H3,(H3,11,12,14,15). The maximum Gasteiger partial charge on any atom is 0.318 e. The van der Waals surface area contributed by atoms with Crippen molar-refractivity contribution in [3.05, 3.63) is 0 Å². The lowest BCUT2D eigenvalue weighted by molar-refractivity contribution is -0.121. The molecule has 1 aliphatic carbocycles. The van der Waals surface area contributed by atoms with Crippen LogP contribution in [0.5, 0.6) is 0 Å². The molecule has 1 rings (SSSR count). The molecule has 16 heavy (non-hydrogen) atoms. The largest absolute Gasteiger partial charge is 0.389 e. The van der Waals surface area contributed by atoms with Crippen LogP contribution in [0.3, 0.4) is 0 Å². The minimum absolute atomic E-state index is 0.0608. The molecule has 0 aromatic heterocycles. The lowest BCUT2D eigenvalue weighted by Crippen LogP contribution is -2.45. The summed E-state index contributed by atoms with van der Waals surface area (Å²) in [5.41, 5.74) is 4.14. The smallest absolute Gasteiger partial charge is 0.318 e. The Bertz CT molecular complexity index is 274. The number of carbonyl (C=O) groups excluding carboxylic acids is 2. The summed E-state index contributed by atoms with van der Waals surface area (Å²) >= 11 is 0. The molecule has 3 amide bonds. The van der Waals surface area contributed by atoms with Crippen molar-refractivity contribution in [2.45, 2.75) is 31.3 Å². The van der Waals surface area contributed by atoms with Gasteiger partial charge in [-0.15, -0.1) is 0 Å². The highest BCUT2D eigenvalue weighted by Gasteiger charge is 2.32. The van der Waals surface area contributed by atoms with E-state index in [4.69, 9.17) is 5.73 Å². The van der Waals surface area contributed by atoms with Gasteiger partial charge in [0.05, 0.1) is 12.1 Å². The molecule has 1 fully saturated rings. The molecule has 1 aliphatic rings. The molecule has 0 atom stereocenters. The van der Waals surface area contributed by atoms with E-state index in [1.165, 1.54) is 0 Å². The lowest BCUT2D eigenvalue weighted by Gasteiger charge is -2.27. The molecular formula is C10H19N3O3. The van der Waals surface area contributed by atoms with Gasteiger partial charge in [-0.3, -0.25) is 15.0 Å². The first-order valence-electron chi connectivity index (χ1n) is 5.41. The summed E-state index contributed by atoms with van der Waals surface area (Å²) < 4.78 is 0. The fourth-order valence-corrected chi connectivity index (χ4v) is 2.17. The molecule has 4 N–H and O–H groups in total. The third-order valence-electron chi connectivity index (χ3n) is 2.77. The third-order valence-corrected chi connectivity index (χ3v) is 2.77. The highest BCUT2D eigenvalue weighted by molar-refractivity contribution is 5.94. The molecular weight excluding hydrogens is 210 g/mol. The number of imide groups is 1. The van der Waals surface area contributed by atoms with E-state index in [-0.39, 0.29) is 6.54 Å². The van der Waals surface area contributed by atoms with Crippen molar-refractivity contribution in [1.29, 1.82) is 0 Å². The molecule has 1 saturated carbocycles. The number of likely N-dealkylation sites (N-methyl/N-ethyl adjacent to an activating group) is 1. The molecule has 0 aromatic rings. The Kier molecular flexibility index (Phi) is 4.26. The Morgan fingerprint density at radius 1 is 1.44 bits per heavy atom. The van der Waals surface area contributed by atoms with Gasteiger partial charge in [0.2, 0.25) is 5.91 Å². The number of aliphatic hydroxyl groups is 1. The predicted octanol–water partition coefficient (Wildman–Crippen LogP) is -0.582. The Labute approximate surface area is 94.8 Å². The van der Waals surface area contributed by atoms with Gasteiger partial charge in [0.25, 0.3) is 0 Å². The number of urea groups is 1. The van der Waals surface area contributed by atoms with Crippen LogP contribution in [0.1, 0.15) is 25.7 Å². The summed E-state index contributed by atoms with van der Waals surface area (Å²) in [6.07, 6.45) is 3.60. The van der Waals surface area contributed by atoms with Crippen LogP contribution in [0.4, 0.5) is 4.79 Å². The SMILES string of the molecule is CN(CC(=O)NC(N)=O)CC1(O)CCCC1. The zero-order valence-corrected chi connectivity index (χ0v) is 9.53. The Morgan fingerprint density at radius 3 is 2.50 bits per heavy atom. The van der Waals surface area contributed by atoms with E-state index in [0.29, 0.717) is 6.54 Å². The van der Waals surface area contributed by atoms with E-state index >= 15 is 0 Å². The molecule has 0 saturated heterocycles. The average Bonchev–Trinajstić information content (AvgIpc) is 2.48. The molecule has 0 radical (unpaired) electrons. The van der Waals surface area contributed by atoms with E-state index in [9.17, 15) is 14.7 Å². The quantitative estimate of drug-likeness (QED) is 0.601. The average molecular weight is 229 g/mol. The third kappa shape index (κ3) is 4.16. The Morgan fingerprint density at radius 2 is 2.00 bits per heavy atom. The second kappa shape index (κ2) is 5.27. The van der Waals surface area contributed by atoms with E-state index in [2.05, 4.69) is 0 Å². The van der Waals surface area contributed by atoms with Crippen LogP contribution in [-0.4, -0.2) is 47.7 Å². The molecule has 0 aliphatic heterocycles. The number of amides is 3. The molecule has 0 spiro atoms. The number of primary amides is 1. The number of nitrogens with two attached hydrogens (primary N) is 1. The van der Waals surface area contributed by atoms with Gasteiger partial charge in [-0.1, -0.05) is 12.8 Å². The van der Waals surface area contributed by atoms with Crippen molar-refractivity contribution in [2.24, 2.45) is 5.73 Å². The van der Waals surface area contributed by atoms with Gasteiger partial charge in [0.1, 0.15) is 0 Å². The van der Waals surface area contributed by atoms with E-state index in [1.54, 1.807) is 11.9 Å². The van der Waals surface area contributed by atoms with Crippen LogP contribution in [0.15, 0.2) is 0 Å². The second-order valence-corrected chi connectivity index (χ2v) is 4.52. The number of hydrogen-bond acceptors (Lipinski definition) is 4. The number of carbonyl (C=O) groups is 2. The van der Waals surface area contributed by atoms with Crippen LogP contribution in [0.2, 0.25) is 0 Å².